The summed E-state index contributed by atoms with van der Waals surface area (Å²) in [5.41, 5.74) is 4.35. The molecule has 180 valence electrons. The summed E-state index contributed by atoms with van der Waals surface area (Å²) in [5.74, 6) is -0.278. The van der Waals surface area contributed by atoms with Gasteiger partial charge in [0.15, 0.2) is 5.65 Å². The number of aliphatic hydroxyl groups excluding tert-OH is 1. The first kappa shape index (κ1) is 23.3. The molecule has 8 nitrogen and oxygen atoms in total. The number of aromatic nitrogens is 3. The topological polar surface area (TPSA) is 86.0 Å². The Morgan fingerprint density at radius 2 is 1.89 bits per heavy atom. The van der Waals surface area contributed by atoms with Crippen molar-refractivity contribution >= 4 is 34.5 Å². The highest BCUT2D eigenvalue weighted by molar-refractivity contribution is 6.30. The Bertz CT molecular complexity index is 1330. The van der Waals surface area contributed by atoms with Crippen LogP contribution in [0.5, 0.6) is 0 Å². The molecule has 0 unspecified atom stereocenters. The molecule has 0 saturated carbocycles. The summed E-state index contributed by atoms with van der Waals surface area (Å²) in [6.45, 7) is 4.70. The molecule has 2 N–H and O–H groups in total. The van der Waals surface area contributed by atoms with Gasteiger partial charge in [-0.25, -0.2) is 9.50 Å². The molecule has 9 heteroatoms. The molecule has 1 fully saturated rings. The van der Waals surface area contributed by atoms with Gasteiger partial charge in [-0.15, -0.1) is 0 Å². The number of benzene rings is 2. The van der Waals surface area contributed by atoms with Crippen LogP contribution >= 0.6 is 11.6 Å². The number of halogens is 1. The van der Waals surface area contributed by atoms with Crippen LogP contribution in [-0.2, 0) is 0 Å². The molecule has 0 bridgehead atoms. The van der Waals surface area contributed by atoms with Gasteiger partial charge in [0.1, 0.15) is 5.69 Å². The minimum absolute atomic E-state index is 0.217. The summed E-state index contributed by atoms with van der Waals surface area (Å²) in [6.07, 6.45) is 4.26. The van der Waals surface area contributed by atoms with Crippen LogP contribution in [0, 0.1) is 0 Å². The number of carbonyl (C=O) groups excluding carboxylic acids is 1. The van der Waals surface area contributed by atoms with Crippen LogP contribution in [0.25, 0.3) is 16.8 Å². The van der Waals surface area contributed by atoms with Gasteiger partial charge in [0.25, 0.3) is 5.91 Å². The predicted octanol–water partition coefficient (Wildman–Crippen LogP) is 3.81. The molecular weight excluding hydrogens is 464 g/mol. The van der Waals surface area contributed by atoms with E-state index in [1.54, 1.807) is 23.0 Å². The van der Waals surface area contributed by atoms with Crippen LogP contribution < -0.4 is 10.2 Å². The third-order valence-corrected chi connectivity index (χ3v) is 6.47. The van der Waals surface area contributed by atoms with Gasteiger partial charge in [-0.1, -0.05) is 35.9 Å². The van der Waals surface area contributed by atoms with Crippen molar-refractivity contribution in [3.05, 3.63) is 77.7 Å². The van der Waals surface area contributed by atoms with Crippen molar-refractivity contribution in [3.63, 3.8) is 0 Å². The number of rotatable bonds is 7. The van der Waals surface area contributed by atoms with E-state index in [0.29, 0.717) is 16.4 Å². The highest BCUT2D eigenvalue weighted by atomic mass is 35.5. The van der Waals surface area contributed by atoms with Crippen molar-refractivity contribution in [2.75, 3.05) is 49.5 Å². The van der Waals surface area contributed by atoms with Gasteiger partial charge in [0.2, 0.25) is 0 Å². The van der Waals surface area contributed by atoms with Crippen molar-refractivity contribution in [3.8, 4) is 11.1 Å². The average molecular weight is 491 g/mol. The first-order chi connectivity index (χ1) is 17.1. The molecule has 35 heavy (non-hydrogen) atoms. The van der Waals surface area contributed by atoms with Crippen molar-refractivity contribution in [2.24, 2.45) is 0 Å². The fourth-order valence-corrected chi connectivity index (χ4v) is 4.59. The predicted molar refractivity (Wildman–Crippen MR) is 138 cm³/mol. The zero-order valence-corrected chi connectivity index (χ0v) is 20.0. The van der Waals surface area contributed by atoms with Gasteiger partial charge >= 0.3 is 0 Å². The molecule has 1 amide bonds. The summed E-state index contributed by atoms with van der Waals surface area (Å²) in [7, 11) is 0. The molecule has 1 aliphatic rings. The van der Waals surface area contributed by atoms with E-state index in [4.69, 9.17) is 16.7 Å². The van der Waals surface area contributed by atoms with Crippen LogP contribution in [0.3, 0.4) is 0 Å². The molecule has 2 aromatic heterocycles. The Hall–Kier alpha value is -3.46. The van der Waals surface area contributed by atoms with Crippen LogP contribution in [0.1, 0.15) is 16.9 Å². The quantitative estimate of drug-likeness (QED) is 0.410. The lowest BCUT2D eigenvalue weighted by molar-refractivity contribution is 0.102. The highest BCUT2D eigenvalue weighted by Crippen LogP contribution is 2.28. The molecule has 3 heterocycles. The Labute approximate surface area is 208 Å². The van der Waals surface area contributed by atoms with Crippen molar-refractivity contribution < 1.29 is 9.90 Å². The standard InChI is InChI=1S/C26H27ClN6O2/c27-20-6-3-5-19(17-20)21-18-28-33-11-9-23(29-25(21)33)26(35)30-22-7-1-2-8-24(22)32-14-12-31(13-15-32)10-4-16-34/h1-3,5-9,11,17-18,34H,4,10,12-16H2,(H,30,35). The second-order valence-electron chi connectivity index (χ2n) is 8.53. The van der Waals surface area contributed by atoms with Crippen molar-refractivity contribution in [1.82, 2.24) is 19.5 Å². The Morgan fingerprint density at radius 3 is 2.69 bits per heavy atom. The Kier molecular flexibility index (Phi) is 6.94. The molecule has 1 saturated heterocycles. The fraction of sp³-hybridized carbons (Fsp3) is 0.269. The van der Waals surface area contributed by atoms with E-state index in [-0.39, 0.29) is 12.5 Å². The van der Waals surface area contributed by atoms with Crippen LogP contribution in [0.15, 0.2) is 67.0 Å². The maximum Gasteiger partial charge on any atom is 0.274 e. The number of fused-ring (bicyclic) bond motifs is 1. The summed E-state index contributed by atoms with van der Waals surface area (Å²) in [5, 5.41) is 17.1. The molecule has 0 atom stereocenters. The van der Waals surface area contributed by atoms with E-state index >= 15 is 0 Å². The second-order valence-corrected chi connectivity index (χ2v) is 8.96. The maximum absolute atomic E-state index is 13.2. The second kappa shape index (κ2) is 10.4. The molecule has 0 radical (unpaired) electrons. The van der Waals surface area contributed by atoms with Gasteiger partial charge in [0, 0.05) is 56.1 Å². The van der Waals surface area contributed by atoms with E-state index in [0.717, 1.165) is 61.6 Å². The van der Waals surface area contributed by atoms with E-state index < -0.39 is 0 Å². The number of para-hydroxylation sites is 2. The maximum atomic E-state index is 13.2. The van der Waals surface area contributed by atoms with Gasteiger partial charge in [-0.05, 0) is 42.3 Å². The lowest BCUT2D eigenvalue weighted by Gasteiger charge is -2.36. The summed E-state index contributed by atoms with van der Waals surface area (Å²) >= 11 is 6.17. The average Bonchev–Trinajstić information content (AvgIpc) is 3.31. The number of nitrogens with zero attached hydrogens (tertiary/aromatic N) is 5. The number of carbonyl (C=O) groups is 1. The van der Waals surface area contributed by atoms with E-state index in [2.05, 4.69) is 25.2 Å². The fourth-order valence-electron chi connectivity index (χ4n) is 4.40. The van der Waals surface area contributed by atoms with Gasteiger partial charge in [0.05, 0.1) is 17.6 Å². The third-order valence-electron chi connectivity index (χ3n) is 6.24. The largest absolute Gasteiger partial charge is 0.396 e. The third kappa shape index (κ3) is 5.14. The van der Waals surface area contributed by atoms with E-state index in [1.807, 2.05) is 48.5 Å². The first-order valence-corrected chi connectivity index (χ1v) is 12.1. The molecule has 4 aromatic rings. The van der Waals surface area contributed by atoms with Gasteiger partial charge in [-0.3, -0.25) is 9.69 Å². The molecule has 2 aromatic carbocycles. The number of hydrogen-bond acceptors (Lipinski definition) is 6. The summed E-state index contributed by atoms with van der Waals surface area (Å²) in [4.78, 5) is 22.5. The van der Waals surface area contributed by atoms with Crippen molar-refractivity contribution in [1.29, 1.82) is 0 Å². The number of aliphatic hydroxyl groups is 1. The summed E-state index contributed by atoms with van der Waals surface area (Å²) in [6, 6.07) is 17.0. The molecule has 0 aliphatic carbocycles. The number of amides is 1. The van der Waals surface area contributed by atoms with Crippen LogP contribution in [0.4, 0.5) is 11.4 Å². The zero-order chi connectivity index (χ0) is 24.2. The first-order valence-electron chi connectivity index (χ1n) is 11.7. The Balaban J connectivity index is 1.35. The van der Waals surface area contributed by atoms with Crippen LogP contribution in [0.2, 0.25) is 5.02 Å². The molecular formula is C26H27ClN6O2. The normalized spacial score (nSPS) is 14.4. The lowest BCUT2D eigenvalue weighted by atomic mass is 10.1. The lowest BCUT2D eigenvalue weighted by Crippen LogP contribution is -2.47. The monoisotopic (exact) mass is 490 g/mol. The van der Waals surface area contributed by atoms with E-state index in [1.165, 1.54) is 0 Å². The Morgan fingerprint density at radius 1 is 1.06 bits per heavy atom. The minimum atomic E-state index is -0.278. The highest BCUT2D eigenvalue weighted by Gasteiger charge is 2.20. The van der Waals surface area contributed by atoms with Gasteiger partial charge in [-0.2, -0.15) is 5.10 Å². The minimum Gasteiger partial charge on any atom is -0.396 e. The van der Waals surface area contributed by atoms with E-state index in [9.17, 15) is 4.79 Å². The van der Waals surface area contributed by atoms with Crippen molar-refractivity contribution in [2.45, 2.75) is 6.42 Å². The number of anilines is 2. The zero-order valence-electron chi connectivity index (χ0n) is 19.3. The van der Waals surface area contributed by atoms with Crippen LogP contribution in [-0.4, -0.2) is 69.8 Å². The SMILES string of the molecule is O=C(Nc1ccccc1N1CCN(CCCO)CC1)c1ccn2ncc(-c3cccc(Cl)c3)c2n1. The smallest absolute Gasteiger partial charge is 0.274 e. The van der Waals surface area contributed by atoms with Gasteiger partial charge < -0.3 is 15.3 Å². The number of nitrogens with one attached hydrogen (secondary N) is 1. The number of hydrogen-bond donors (Lipinski definition) is 2. The summed E-state index contributed by atoms with van der Waals surface area (Å²) < 4.78 is 1.65. The molecule has 5 rings (SSSR count). The number of piperazine rings is 1. The molecule has 1 aliphatic heterocycles. The molecule has 0 spiro atoms.